The molecule has 0 aliphatic heterocycles. The number of nitrogens with two attached hydrogens (primary N) is 1. The van der Waals surface area contributed by atoms with Crippen LogP contribution in [0.2, 0.25) is 0 Å². The van der Waals surface area contributed by atoms with Gasteiger partial charge >= 0.3 is 6.18 Å². The van der Waals surface area contributed by atoms with Crippen LogP contribution in [-0.4, -0.2) is 5.11 Å². The lowest BCUT2D eigenvalue weighted by atomic mass is 9.95. The van der Waals surface area contributed by atoms with E-state index in [9.17, 15) is 18.3 Å². The number of phenolic OH excluding ortho intramolecular Hbond substituents is 1. The Morgan fingerprint density at radius 1 is 1.33 bits per heavy atom. The third-order valence-electron chi connectivity index (χ3n) is 2.53. The lowest BCUT2D eigenvalue weighted by molar-refractivity contribution is -0.138. The van der Waals surface area contributed by atoms with E-state index in [2.05, 4.69) is 15.9 Å². The van der Waals surface area contributed by atoms with Gasteiger partial charge in [0.1, 0.15) is 5.75 Å². The predicted molar refractivity (Wildman–Crippen MR) is 67.2 cm³/mol. The van der Waals surface area contributed by atoms with E-state index in [-0.39, 0.29) is 16.0 Å². The molecular weight excluding hydrogens is 311 g/mol. The molecule has 0 unspecified atom stereocenters. The summed E-state index contributed by atoms with van der Waals surface area (Å²) in [6, 6.07) is 1.65. The van der Waals surface area contributed by atoms with E-state index >= 15 is 0 Å². The lowest BCUT2D eigenvalue weighted by Crippen LogP contribution is -2.15. The SMILES string of the molecule is CC(C)C[C@@H](N)c1cc(Br)cc(C(F)(F)F)c1O. The normalized spacial score (nSPS) is 14.0. The van der Waals surface area contributed by atoms with Gasteiger partial charge in [0.25, 0.3) is 0 Å². The maximum atomic E-state index is 12.7. The van der Waals surface area contributed by atoms with E-state index < -0.39 is 23.5 Å². The number of phenols is 1. The minimum absolute atomic E-state index is 0.116. The number of alkyl halides is 3. The predicted octanol–water partition coefficient (Wildman–Crippen LogP) is 4.22. The quantitative estimate of drug-likeness (QED) is 0.874. The van der Waals surface area contributed by atoms with Crippen molar-refractivity contribution in [1.29, 1.82) is 0 Å². The average molecular weight is 326 g/mol. The van der Waals surface area contributed by atoms with Gasteiger partial charge in [0.15, 0.2) is 0 Å². The van der Waals surface area contributed by atoms with Gasteiger partial charge in [0.2, 0.25) is 0 Å². The maximum Gasteiger partial charge on any atom is 0.420 e. The number of halogens is 4. The summed E-state index contributed by atoms with van der Waals surface area (Å²) in [5.74, 6) is -0.549. The van der Waals surface area contributed by atoms with Crippen molar-refractivity contribution in [3.05, 3.63) is 27.7 Å². The molecule has 1 aromatic carbocycles. The number of rotatable bonds is 3. The van der Waals surface area contributed by atoms with Crippen molar-refractivity contribution in [1.82, 2.24) is 0 Å². The molecule has 0 spiro atoms. The van der Waals surface area contributed by atoms with Gasteiger partial charge in [-0.1, -0.05) is 29.8 Å². The van der Waals surface area contributed by atoms with Crippen LogP contribution in [0.25, 0.3) is 0 Å². The Balaban J connectivity index is 3.25. The fourth-order valence-corrected chi connectivity index (χ4v) is 2.23. The second kappa shape index (κ2) is 5.48. The number of aromatic hydroxyl groups is 1. The van der Waals surface area contributed by atoms with Crippen molar-refractivity contribution < 1.29 is 18.3 Å². The molecule has 0 saturated heterocycles. The molecule has 1 rings (SSSR count). The Kier molecular flexibility index (Phi) is 4.66. The van der Waals surface area contributed by atoms with E-state index in [0.717, 1.165) is 6.07 Å². The lowest BCUT2D eigenvalue weighted by Gasteiger charge is -2.19. The third-order valence-corrected chi connectivity index (χ3v) is 2.99. The summed E-state index contributed by atoms with van der Waals surface area (Å²) in [6.07, 6.45) is -4.10. The van der Waals surface area contributed by atoms with E-state index in [0.29, 0.717) is 6.42 Å². The van der Waals surface area contributed by atoms with Crippen molar-refractivity contribution in [3.63, 3.8) is 0 Å². The standard InChI is InChI=1S/C12H15BrF3NO/c1-6(2)3-10(17)8-4-7(13)5-9(11(8)18)12(14,15)16/h4-6,10,18H,3,17H2,1-2H3/t10-/m1/s1. The van der Waals surface area contributed by atoms with Gasteiger partial charge in [0.05, 0.1) is 5.56 Å². The zero-order chi connectivity index (χ0) is 14.1. The minimum atomic E-state index is -4.60. The van der Waals surface area contributed by atoms with E-state index in [1.54, 1.807) is 0 Å². The molecule has 0 saturated carbocycles. The van der Waals surface area contributed by atoms with Gasteiger partial charge in [-0.15, -0.1) is 0 Å². The molecule has 0 amide bonds. The van der Waals surface area contributed by atoms with Gasteiger partial charge in [0, 0.05) is 16.1 Å². The van der Waals surface area contributed by atoms with Crippen molar-refractivity contribution >= 4 is 15.9 Å². The average Bonchev–Trinajstić information content (AvgIpc) is 2.18. The second-order valence-electron chi connectivity index (χ2n) is 4.62. The summed E-state index contributed by atoms with van der Waals surface area (Å²) in [7, 11) is 0. The number of hydrogen-bond acceptors (Lipinski definition) is 2. The first-order chi connectivity index (χ1) is 8.12. The molecule has 3 N–H and O–H groups in total. The molecule has 0 radical (unpaired) electrons. The fraction of sp³-hybridized carbons (Fsp3) is 0.500. The largest absolute Gasteiger partial charge is 0.507 e. The summed E-state index contributed by atoms with van der Waals surface area (Å²) in [5.41, 5.74) is 4.88. The van der Waals surface area contributed by atoms with Gasteiger partial charge in [-0.25, -0.2) is 0 Å². The first kappa shape index (κ1) is 15.3. The van der Waals surface area contributed by atoms with Crippen LogP contribution in [0, 0.1) is 5.92 Å². The van der Waals surface area contributed by atoms with Crippen LogP contribution in [0.4, 0.5) is 13.2 Å². The first-order valence-corrected chi connectivity index (χ1v) is 6.27. The first-order valence-electron chi connectivity index (χ1n) is 5.48. The van der Waals surface area contributed by atoms with Crippen LogP contribution in [0.5, 0.6) is 5.75 Å². The highest BCUT2D eigenvalue weighted by molar-refractivity contribution is 9.10. The van der Waals surface area contributed by atoms with E-state index in [4.69, 9.17) is 5.73 Å². The van der Waals surface area contributed by atoms with Crippen molar-refractivity contribution in [3.8, 4) is 5.75 Å². The minimum Gasteiger partial charge on any atom is -0.507 e. The fourth-order valence-electron chi connectivity index (χ4n) is 1.75. The Hall–Kier alpha value is -0.750. The van der Waals surface area contributed by atoms with Crippen molar-refractivity contribution in [2.24, 2.45) is 11.7 Å². The molecule has 0 aliphatic carbocycles. The van der Waals surface area contributed by atoms with E-state index in [1.807, 2.05) is 13.8 Å². The summed E-state index contributed by atoms with van der Waals surface area (Å²) < 4.78 is 38.4. The van der Waals surface area contributed by atoms with Crippen LogP contribution in [0.1, 0.15) is 37.4 Å². The molecule has 18 heavy (non-hydrogen) atoms. The molecule has 1 atom stereocenters. The summed E-state index contributed by atoms with van der Waals surface area (Å²) in [5, 5.41) is 9.71. The summed E-state index contributed by atoms with van der Waals surface area (Å²) in [6.45, 7) is 3.83. The van der Waals surface area contributed by atoms with Crippen LogP contribution in [0.3, 0.4) is 0 Å². The molecule has 0 heterocycles. The number of hydrogen-bond donors (Lipinski definition) is 2. The monoisotopic (exact) mass is 325 g/mol. The highest BCUT2D eigenvalue weighted by Gasteiger charge is 2.35. The third kappa shape index (κ3) is 3.62. The summed E-state index contributed by atoms with van der Waals surface area (Å²) >= 11 is 3.01. The molecule has 102 valence electrons. The Morgan fingerprint density at radius 3 is 2.33 bits per heavy atom. The number of benzene rings is 1. The van der Waals surface area contributed by atoms with Gasteiger partial charge in [-0.3, -0.25) is 0 Å². The smallest absolute Gasteiger partial charge is 0.420 e. The van der Waals surface area contributed by atoms with Gasteiger partial charge in [-0.05, 0) is 24.5 Å². The zero-order valence-corrected chi connectivity index (χ0v) is 11.6. The Labute approximate surface area is 112 Å². The van der Waals surface area contributed by atoms with Crippen LogP contribution >= 0.6 is 15.9 Å². The molecule has 6 heteroatoms. The molecule has 0 bridgehead atoms. The van der Waals surface area contributed by atoms with Crippen LogP contribution < -0.4 is 5.73 Å². The molecule has 2 nitrogen and oxygen atoms in total. The molecule has 0 aliphatic rings. The highest BCUT2D eigenvalue weighted by Crippen LogP contribution is 2.41. The Morgan fingerprint density at radius 2 is 1.89 bits per heavy atom. The van der Waals surface area contributed by atoms with E-state index in [1.165, 1.54) is 6.07 Å². The van der Waals surface area contributed by atoms with Crippen LogP contribution in [0.15, 0.2) is 16.6 Å². The molecule has 0 fully saturated rings. The molecule has 1 aromatic rings. The van der Waals surface area contributed by atoms with Gasteiger partial charge < -0.3 is 10.8 Å². The van der Waals surface area contributed by atoms with Gasteiger partial charge in [-0.2, -0.15) is 13.2 Å². The van der Waals surface area contributed by atoms with Crippen molar-refractivity contribution in [2.45, 2.75) is 32.5 Å². The maximum absolute atomic E-state index is 12.7. The van der Waals surface area contributed by atoms with Crippen LogP contribution in [-0.2, 0) is 6.18 Å². The Bertz CT molecular complexity index is 432. The topological polar surface area (TPSA) is 46.2 Å². The molecular formula is C12H15BrF3NO. The van der Waals surface area contributed by atoms with Crippen molar-refractivity contribution in [2.75, 3.05) is 0 Å². The summed E-state index contributed by atoms with van der Waals surface area (Å²) in [4.78, 5) is 0. The molecule has 0 aromatic heterocycles. The highest BCUT2D eigenvalue weighted by atomic mass is 79.9. The second-order valence-corrected chi connectivity index (χ2v) is 5.54. The zero-order valence-electron chi connectivity index (χ0n) is 10.1.